The van der Waals surface area contributed by atoms with Crippen molar-refractivity contribution in [1.82, 2.24) is 9.88 Å². The molecule has 1 heterocycles. The Hall–Kier alpha value is -2.11. The average molecular weight is 265 g/mol. The molecule has 19 heavy (non-hydrogen) atoms. The Morgan fingerprint density at radius 2 is 2.16 bits per heavy atom. The van der Waals surface area contributed by atoms with Crippen LogP contribution in [0.5, 0.6) is 0 Å². The summed E-state index contributed by atoms with van der Waals surface area (Å²) in [5.41, 5.74) is 7.21. The highest BCUT2D eigenvalue weighted by Gasteiger charge is 2.15. The fraction of sp³-hybridized carbons (Fsp3) is 0.462. The molecule has 0 aliphatic rings. The molecule has 1 aromatic rings. The Kier molecular flexibility index (Phi) is 5.29. The molecule has 0 unspecified atom stereocenters. The van der Waals surface area contributed by atoms with E-state index in [-0.39, 0.29) is 11.9 Å². The standard InChI is InChI=1S/C13H19N3O3/c1-9-11(7-10(14)8-15-9)13(18)16(2)6-4-5-12(17)19-3/h7-8H,4-6,14H2,1-3H3. The maximum Gasteiger partial charge on any atom is 0.305 e. The molecule has 1 rings (SSSR count). The van der Waals surface area contributed by atoms with E-state index in [1.165, 1.54) is 13.3 Å². The van der Waals surface area contributed by atoms with Crippen LogP contribution < -0.4 is 5.73 Å². The lowest BCUT2D eigenvalue weighted by Gasteiger charge is -2.18. The van der Waals surface area contributed by atoms with E-state index in [9.17, 15) is 9.59 Å². The monoisotopic (exact) mass is 265 g/mol. The van der Waals surface area contributed by atoms with Crippen molar-refractivity contribution >= 4 is 17.6 Å². The van der Waals surface area contributed by atoms with Gasteiger partial charge in [0.1, 0.15) is 0 Å². The molecule has 0 bridgehead atoms. The molecule has 1 aromatic heterocycles. The van der Waals surface area contributed by atoms with Crippen molar-refractivity contribution in [3.8, 4) is 0 Å². The van der Waals surface area contributed by atoms with Crippen LogP contribution in [0.2, 0.25) is 0 Å². The van der Waals surface area contributed by atoms with Gasteiger partial charge in [-0.1, -0.05) is 0 Å². The first kappa shape index (κ1) is 14.9. The fourth-order valence-electron chi connectivity index (χ4n) is 1.64. The number of hydrogen-bond donors (Lipinski definition) is 1. The van der Waals surface area contributed by atoms with Crippen LogP contribution in [-0.2, 0) is 9.53 Å². The topological polar surface area (TPSA) is 85.5 Å². The van der Waals surface area contributed by atoms with Crippen LogP contribution >= 0.6 is 0 Å². The van der Waals surface area contributed by atoms with Crippen LogP contribution in [-0.4, -0.2) is 42.5 Å². The minimum absolute atomic E-state index is 0.151. The number of rotatable bonds is 5. The third kappa shape index (κ3) is 4.24. The van der Waals surface area contributed by atoms with Gasteiger partial charge in [-0.05, 0) is 19.4 Å². The van der Waals surface area contributed by atoms with Gasteiger partial charge in [-0.2, -0.15) is 0 Å². The van der Waals surface area contributed by atoms with Crippen LogP contribution in [0.4, 0.5) is 5.69 Å². The molecular formula is C13H19N3O3. The molecule has 104 valence electrons. The molecule has 0 atom stereocenters. The summed E-state index contributed by atoms with van der Waals surface area (Å²) in [6.07, 6.45) is 2.37. The van der Waals surface area contributed by atoms with E-state index in [4.69, 9.17) is 5.73 Å². The van der Waals surface area contributed by atoms with E-state index >= 15 is 0 Å². The van der Waals surface area contributed by atoms with Gasteiger partial charge in [0.25, 0.3) is 5.91 Å². The van der Waals surface area contributed by atoms with Gasteiger partial charge in [0.2, 0.25) is 0 Å². The molecule has 0 saturated carbocycles. The third-order valence-electron chi connectivity index (χ3n) is 2.79. The number of anilines is 1. The number of methoxy groups -OCH3 is 1. The lowest BCUT2D eigenvalue weighted by molar-refractivity contribution is -0.140. The number of carbonyl (C=O) groups excluding carboxylic acids is 2. The van der Waals surface area contributed by atoms with E-state index in [2.05, 4.69) is 9.72 Å². The Morgan fingerprint density at radius 3 is 2.79 bits per heavy atom. The summed E-state index contributed by atoms with van der Waals surface area (Å²) < 4.78 is 4.54. The lowest BCUT2D eigenvalue weighted by Crippen LogP contribution is -2.29. The van der Waals surface area contributed by atoms with Gasteiger partial charge in [-0.15, -0.1) is 0 Å². The van der Waals surface area contributed by atoms with Crippen molar-refractivity contribution in [2.24, 2.45) is 0 Å². The zero-order valence-electron chi connectivity index (χ0n) is 11.5. The number of carbonyl (C=O) groups is 2. The number of esters is 1. The summed E-state index contributed by atoms with van der Waals surface area (Å²) in [6.45, 7) is 2.23. The summed E-state index contributed by atoms with van der Waals surface area (Å²) in [5, 5.41) is 0. The van der Waals surface area contributed by atoms with Crippen LogP contribution in [0.1, 0.15) is 28.9 Å². The molecule has 0 aliphatic heterocycles. The maximum absolute atomic E-state index is 12.2. The third-order valence-corrected chi connectivity index (χ3v) is 2.79. The van der Waals surface area contributed by atoms with Crippen molar-refractivity contribution in [2.45, 2.75) is 19.8 Å². The number of nitrogens with two attached hydrogens (primary N) is 1. The van der Waals surface area contributed by atoms with E-state index < -0.39 is 0 Å². The molecular weight excluding hydrogens is 246 g/mol. The smallest absolute Gasteiger partial charge is 0.305 e. The van der Waals surface area contributed by atoms with Gasteiger partial charge in [0.15, 0.2) is 0 Å². The molecule has 0 aromatic carbocycles. The Bertz CT molecular complexity index is 474. The quantitative estimate of drug-likeness (QED) is 0.803. The van der Waals surface area contributed by atoms with Crippen LogP contribution in [0.3, 0.4) is 0 Å². The summed E-state index contributed by atoms with van der Waals surface area (Å²) in [5.74, 6) is -0.426. The van der Waals surface area contributed by atoms with Gasteiger partial charge >= 0.3 is 5.97 Å². The highest BCUT2D eigenvalue weighted by Crippen LogP contribution is 2.12. The second-order valence-electron chi connectivity index (χ2n) is 4.31. The first-order valence-electron chi connectivity index (χ1n) is 6.00. The van der Waals surface area contributed by atoms with Gasteiger partial charge < -0.3 is 15.4 Å². The van der Waals surface area contributed by atoms with Crippen LogP contribution in [0.15, 0.2) is 12.3 Å². The molecule has 0 aliphatic carbocycles. The van der Waals surface area contributed by atoms with E-state index in [0.717, 1.165) is 0 Å². The predicted molar refractivity (Wildman–Crippen MR) is 71.6 cm³/mol. The molecule has 0 fully saturated rings. The molecule has 0 spiro atoms. The van der Waals surface area contributed by atoms with Crippen LogP contribution in [0.25, 0.3) is 0 Å². The number of ether oxygens (including phenoxy) is 1. The van der Waals surface area contributed by atoms with E-state index in [1.807, 2.05) is 0 Å². The number of nitrogen functional groups attached to an aromatic ring is 1. The normalized spacial score (nSPS) is 10.1. The minimum atomic E-state index is -0.275. The molecule has 0 radical (unpaired) electrons. The zero-order chi connectivity index (χ0) is 14.4. The molecule has 6 nitrogen and oxygen atoms in total. The Morgan fingerprint density at radius 1 is 1.47 bits per heavy atom. The first-order valence-corrected chi connectivity index (χ1v) is 6.00. The maximum atomic E-state index is 12.2. The number of aromatic nitrogens is 1. The molecule has 0 saturated heterocycles. The first-order chi connectivity index (χ1) is 8.95. The summed E-state index contributed by atoms with van der Waals surface area (Å²) in [4.78, 5) is 28.8. The number of pyridine rings is 1. The summed E-state index contributed by atoms with van der Waals surface area (Å²) in [7, 11) is 3.03. The average Bonchev–Trinajstić information content (AvgIpc) is 2.40. The SMILES string of the molecule is COC(=O)CCCN(C)C(=O)c1cc(N)cnc1C. The van der Waals surface area contributed by atoms with Gasteiger partial charge in [0.05, 0.1) is 30.3 Å². The van der Waals surface area contributed by atoms with Gasteiger partial charge in [-0.25, -0.2) is 0 Å². The Balaban J connectivity index is 2.61. The lowest BCUT2D eigenvalue weighted by atomic mass is 10.1. The molecule has 2 N–H and O–H groups in total. The fourth-order valence-corrected chi connectivity index (χ4v) is 1.64. The van der Waals surface area contributed by atoms with Crippen molar-refractivity contribution in [1.29, 1.82) is 0 Å². The van der Waals surface area contributed by atoms with E-state index in [1.54, 1.807) is 24.9 Å². The molecule has 6 heteroatoms. The van der Waals surface area contributed by atoms with Crippen molar-refractivity contribution in [2.75, 3.05) is 26.4 Å². The van der Waals surface area contributed by atoms with Crippen molar-refractivity contribution in [3.05, 3.63) is 23.5 Å². The highest BCUT2D eigenvalue weighted by molar-refractivity contribution is 5.95. The number of hydrogen-bond acceptors (Lipinski definition) is 5. The highest BCUT2D eigenvalue weighted by atomic mass is 16.5. The summed E-state index contributed by atoms with van der Waals surface area (Å²) in [6, 6.07) is 1.61. The Labute approximate surface area is 112 Å². The zero-order valence-corrected chi connectivity index (χ0v) is 11.5. The predicted octanol–water partition coefficient (Wildman–Crippen LogP) is 0.997. The number of aryl methyl sites for hydroxylation is 1. The van der Waals surface area contributed by atoms with Gasteiger partial charge in [0, 0.05) is 20.0 Å². The molecule has 1 amide bonds. The number of nitrogens with zero attached hydrogens (tertiary/aromatic N) is 2. The van der Waals surface area contributed by atoms with Crippen molar-refractivity contribution in [3.63, 3.8) is 0 Å². The van der Waals surface area contributed by atoms with E-state index in [0.29, 0.717) is 36.3 Å². The van der Waals surface area contributed by atoms with Crippen LogP contribution in [0, 0.1) is 6.92 Å². The second-order valence-corrected chi connectivity index (χ2v) is 4.31. The minimum Gasteiger partial charge on any atom is -0.469 e. The largest absolute Gasteiger partial charge is 0.469 e. The van der Waals surface area contributed by atoms with Crippen molar-refractivity contribution < 1.29 is 14.3 Å². The summed E-state index contributed by atoms with van der Waals surface area (Å²) >= 11 is 0. The van der Waals surface area contributed by atoms with Gasteiger partial charge in [-0.3, -0.25) is 14.6 Å². The second kappa shape index (κ2) is 6.72. The number of amides is 1.